The highest BCUT2D eigenvalue weighted by molar-refractivity contribution is 7.17. The van der Waals surface area contributed by atoms with Crippen molar-refractivity contribution in [2.75, 3.05) is 5.32 Å². The van der Waals surface area contributed by atoms with Gasteiger partial charge in [-0.3, -0.25) is 9.36 Å². The van der Waals surface area contributed by atoms with E-state index in [1.54, 1.807) is 28.3 Å². The Morgan fingerprint density at radius 2 is 1.67 bits per heavy atom. The SMILES string of the molecule is CC(Nc1ncnc2scc(-c3ccccc3)c12)c1cc2cccc(Cl)c2c(=O)n1-c1ccccc1. The van der Waals surface area contributed by atoms with Crippen LogP contribution in [0.3, 0.4) is 0 Å². The summed E-state index contributed by atoms with van der Waals surface area (Å²) in [6, 6.07) is 27.2. The summed E-state index contributed by atoms with van der Waals surface area (Å²) in [5, 5.41) is 8.41. The number of nitrogens with zero attached hydrogens (tertiary/aromatic N) is 3. The molecule has 0 radical (unpaired) electrons. The molecule has 176 valence electrons. The molecule has 3 heterocycles. The van der Waals surface area contributed by atoms with Crippen LogP contribution in [0, 0.1) is 0 Å². The third kappa shape index (κ3) is 3.85. The normalized spacial score (nSPS) is 12.2. The van der Waals surface area contributed by atoms with Crippen LogP contribution >= 0.6 is 22.9 Å². The lowest BCUT2D eigenvalue weighted by Gasteiger charge is -2.22. The van der Waals surface area contributed by atoms with Gasteiger partial charge in [-0.15, -0.1) is 11.3 Å². The van der Waals surface area contributed by atoms with Crippen LogP contribution in [0.2, 0.25) is 5.02 Å². The molecule has 0 aliphatic rings. The molecule has 7 heteroatoms. The van der Waals surface area contributed by atoms with Gasteiger partial charge in [-0.2, -0.15) is 0 Å². The second-order valence-electron chi connectivity index (χ2n) is 8.53. The Morgan fingerprint density at radius 3 is 2.44 bits per heavy atom. The first-order valence-corrected chi connectivity index (χ1v) is 12.8. The minimum absolute atomic E-state index is 0.152. The standard InChI is InChI=1S/C29H21ClN4OS/c1-18(33-27-26-22(19-9-4-2-5-10-19)16-36-28(26)32-17-31-27)24-15-20-11-8-14-23(30)25(20)29(35)34(24)21-12-6-3-7-13-21/h2-18H,1H3,(H,31,32,33). The summed E-state index contributed by atoms with van der Waals surface area (Å²) in [6.07, 6.45) is 1.58. The van der Waals surface area contributed by atoms with E-state index in [1.807, 2.05) is 73.7 Å². The highest BCUT2D eigenvalue weighted by Crippen LogP contribution is 2.37. The molecule has 1 atom stereocenters. The largest absolute Gasteiger partial charge is 0.361 e. The van der Waals surface area contributed by atoms with Gasteiger partial charge in [-0.1, -0.05) is 72.3 Å². The van der Waals surface area contributed by atoms with Gasteiger partial charge in [0.25, 0.3) is 5.56 Å². The Bertz CT molecular complexity index is 1760. The van der Waals surface area contributed by atoms with Gasteiger partial charge >= 0.3 is 0 Å². The molecule has 0 aliphatic carbocycles. The topological polar surface area (TPSA) is 59.8 Å². The molecule has 0 aliphatic heterocycles. The maximum absolute atomic E-state index is 13.8. The van der Waals surface area contributed by atoms with E-state index in [0.717, 1.165) is 43.9 Å². The van der Waals surface area contributed by atoms with Crippen molar-refractivity contribution in [3.05, 3.63) is 118 Å². The number of anilines is 1. The molecule has 3 aromatic carbocycles. The fourth-order valence-electron chi connectivity index (χ4n) is 4.60. The van der Waals surface area contributed by atoms with E-state index < -0.39 is 0 Å². The van der Waals surface area contributed by atoms with Crippen LogP contribution in [0.5, 0.6) is 0 Å². The zero-order valence-electron chi connectivity index (χ0n) is 19.4. The Hall–Kier alpha value is -4.00. The number of pyridine rings is 1. The molecule has 0 amide bonds. The van der Waals surface area contributed by atoms with Crippen molar-refractivity contribution in [2.45, 2.75) is 13.0 Å². The van der Waals surface area contributed by atoms with Crippen molar-refractivity contribution < 1.29 is 0 Å². The van der Waals surface area contributed by atoms with Crippen molar-refractivity contribution in [2.24, 2.45) is 0 Å². The van der Waals surface area contributed by atoms with Crippen molar-refractivity contribution >= 4 is 49.7 Å². The van der Waals surface area contributed by atoms with Crippen molar-refractivity contribution in [1.82, 2.24) is 14.5 Å². The third-order valence-corrected chi connectivity index (χ3v) is 7.49. The molecule has 3 aromatic heterocycles. The van der Waals surface area contributed by atoms with E-state index >= 15 is 0 Å². The summed E-state index contributed by atoms with van der Waals surface area (Å²) in [5.41, 5.74) is 3.62. The number of hydrogen-bond acceptors (Lipinski definition) is 5. The number of hydrogen-bond donors (Lipinski definition) is 1. The van der Waals surface area contributed by atoms with Crippen LogP contribution in [0.1, 0.15) is 18.7 Å². The monoisotopic (exact) mass is 508 g/mol. The first-order valence-electron chi connectivity index (χ1n) is 11.6. The first kappa shape index (κ1) is 22.5. The molecule has 36 heavy (non-hydrogen) atoms. The van der Waals surface area contributed by atoms with E-state index in [0.29, 0.717) is 10.4 Å². The summed E-state index contributed by atoms with van der Waals surface area (Å²) in [6.45, 7) is 2.03. The minimum Gasteiger partial charge on any atom is -0.361 e. The maximum Gasteiger partial charge on any atom is 0.264 e. The predicted octanol–water partition coefficient (Wildman–Crippen LogP) is 7.49. The predicted molar refractivity (Wildman–Crippen MR) is 149 cm³/mol. The zero-order chi connectivity index (χ0) is 24.6. The number of fused-ring (bicyclic) bond motifs is 2. The molecule has 1 unspecified atom stereocenters. The lowest BCUT2D eigenvalue weighted by Crippen LogP contribution is -2.25. The summed E-state index contributed by atoms with van der Waals surface area (Å²) in [7, 11) is 0. The molecule has 0 fully saturated rings. The van der Waals surface area contributed by atoms with Crippen LogP contribution in [0.25, 0.3) is 37.8 Å². The van der Waals surface area contributed by atoms with Gasteiger partial charge in [0, 0.05) is 22.3 Å². The Labute approximate surface area is 216 Å². The lowest BCUT2D eigenvalue weighted by molar-refractivity contribution is 0.774. The average molecular weight is 509 g/mol. The molecular weight excluding hydrogens is 488 g/mol. The molecule has 0 saturated carbocycles. The number of halogens is 1. The second-order valence-corrected chi connectivity index (χ2v) is 9.80. The summed E-state index contributed by atoms with van der Waals surface area (Å²) in [5.74, 6) is 0.728. The van der Waals surface area contributed by atoms with E-state index in [4.69, 9.17) is 11.6 Å². The molecule has 6 aromatic rings. The first-order chi connectivity index (χ1) is 17.6. The lowest BCUT2D eigenvalue weighted by atomic mass is 10.1. The molecular formula is C29H21ClN4OS. The molecule has 0 bridgehead atoms. The third-order valence-electron chi connectivity index (χ3n) is 6.29. The second kappa shape index (κ2) is 9.22. The van der Waals surface area contributed by atoms with E-state index in [2.05, 4.69) is 32.8 Å². The number of aromatic nitrogens is 3. The van der Waals surface area contributed by atoms with Crippen LogP contribution in [0.4, 0.5) is 5.82 Å². The summed E-state index contributed by atoms with van der Waals surface area (Å²) in [4.78, 5) is 23.8. The van der Waals surface area contributed by atoms with Gasteiger partial charge in [0.1, 0.15) is 17.0 Å². The number of thiophene rings is 1. The summed E-state index contributed by atoms with van der Waals surface area (Å²) >= 11 is 8.06. The number of rotatable bonds is 5. The fourth-order valence-corrected chi connectivity index (χ4v) is 5.77. The van der Waals surface area contributed by atoms with E-state index in [9.17, 15) is 4.79 Å². The van der Waals surface area contributed by atoms with Crippen molar-refractivity contribution in [1.29, 1.82) is 0 Å². The van der Waals surface area contributed by atoms with Gasteiger partial charge < -0.3 is 5.32 Å². The molecule has 0 spiro atoms. The Balaban J connectivity index is 1.52. The highest BCUT2D eigenvalue weighted by atomic mass is 35.5. The minimum atomic E-state index is -0.247. The molecule has 6 rings (SSSR count). The maximum atomic E-state index is 13.8. The Morgan fingerprint density at radius 1 is 0.917 bits per heavy atom. The average Bonchev–Trinajstić information content (AvgIpc) is 3.35. The molecule has 5 nitrogen and oxygen atoms in total. The van der Waals surface area contributed by atoms with Crippen molar-refractivity contribution in [3.63, 3.8) is 0 Å². The zero-order valence-corrected chi connectivity index (χ0v) is 20.9. The molecule has 0 saturated heterocycles. The Kier molecular flexibility index (Phi) is 5.76. The van der Waals surface area contributed by atoms with Crippen molar-refractivity contribution in [3.8, 4) is 16.8 Å². The number of para-hydroxylation sites is 1. The van der Waals surface area contributed by atoms with E-state index in [-0.39, 0.29) is 11.6 Å². The highest BCUT2D eigenvalue weighted by Gasteiger charge is 2.20. The molecule has 1 N–H and O–H groups in total. The van der Waals surface area contributed by atoms with Crippen LogP contribution in [0.15, 0.2) is 101 Å². The smallest absolute Gasteiger partial charge is 0.264 e. The van der Waals surface area contributed by atoms with Gasteiger partial charge in [0.2, 0.25) is 0 Å². The van der Waals surface area contributed by atoms with Gasteiger partial charge in [0.15, 0.2) is 0 Å². The fraction of sp³-hybridized carbons (Fsp3) is 0.0690. The van der Waals surface area contributed by atoms with Crippen LogP contribution in [-0.4, -0.2) is 14.5 Å². The quantitative estimate of drug-likeness (QED) is 0.262. The van der Waals surface area contributed by atoms with Crippen LogP contribution in [-0.2, 0) is 0 Å². The number of benzene rings is 3. The van der Waals surface area contributed by atoms with Crippen LogP contribution < -0.4 is 10.9 Å². The summed E-state index contributed by atoms with van der Waals surface area (Å²) < 4.78 is 1.73. The van der Waals surface area contributed by atoms with Gasteiger partial charge in [-0.05, 0) is 42.1 Å². The van der Waals surface area contributed by atoms with Gasteiger partial charge in [-0.25, -0.2) is 9.97 Å². The van der Waals surface area contributed by atoms with Gasteiger partial charge in [0.05, 0.1) is 21.8 Å². The number of nitrogens with one attached hydrogen (secondary N) is 1. The van der Waals surface area contributed by atoms with E-state index in [1.165, 1.54) is 0 Å².